The second kappa shape index (κ2) is 7.25. The third-order valence-electron chi connectivity index (χ3n) is 4.96. The van der Waals surface area contributed by atoms with Crippen molar-refractivity contribution in [2.75, 3.05) is 0 Å². The van der Waals surface area contributed by atoms with E-state index in [9.17, 15) is 9.59 Å². The molecule has 2 atom stereocenters. The summed E-state index contributed by atoms with van der Waals surface area (Å²) in [6, 6.07) is 7.24. The molecule has 0 aliphatic heterocycles. The van der Waals surface area contributed by atoms with E-state index in [4.69, 9.17) is 4.74 Å². The smallest absolute Gasteiger partial charge is 0.329 e. The number of benzene rings is 1. The second-order valence-corrected chi connectivity index (χ2v) is 6.82. The van der Waals surface area contributed by atoms with Crippen molar-refractivity contribution >= 4 is 22.9 Å². The van der Waals surface area contributed by atoms with Gasteiger partial charge in [0.25, 0.3) is 0 Å². The highest BCUT2D eigenvalue weighted by molar-refractivity contribution is 5.83. The van der Waals surface area contributed by atoms with Crippen LogP contribution in [-0.2, 0) is 21.4 Å². The Kier molecular flexibility index (Phi) is 5.06. The summed E-state index contributed by atoms with van der Waals surface area (Å²) in [7, 11) is 1.91. The number of aromatic nitrogens is 2. The van der Waals surface area contributed by atoms with Gasteiger partial charge in [-0.2, -0.15) is 0 Å². The number of imidazole rings is 1. The number of hydrogen-bond acceptors (Lipinski definition) is 4. The number of aryl methyl sites for hydroxylation is 1. The lowest BCUT2D eigenvalue weighted by molar-refractivity contribution is -0.154. The molecule has 1 aliphatic carbocycles. The van der Waals surface area contributed by atoms with E-state index < -0.39 is 12.1 Å². The molecule has 25 heavy (non-hydrogen) atoms. The number of carbonyl (C=O) groups is 2. The first kappa shape index (κ1) is 17.5. The standard InChI is InChI=1S/C19H25N3O3/c1-12(18-21-15-10-6-7-11-16(15)22(18)3)25-19(24)17(20-13(2)23)14-8-4-5-9-14/h6-7,10-12,14,17H,4-5,8-9H2,1-3H3,(H,20,23)/t12-,17-/m0/s1. The van der Waals surface area contributed by atoms with Gasteiger partial charge in [-0.3, -0.25) is 4.79 Å². The number of amides is 1. The lowest BCUT2D eigenvalue weighted by atomic mass is 9.98. The van der Waals surface area contributed by atoms with Gasteiger partial charge in [0.15, 0.2) is 11.9 Å². The molecule has 0 unspecified atom stereocenters. The van der Waals surface area contributed by atoms with Crippen LogP contribution in [0.4, 0.5) is 0 Å². The summed E-state index contributed by atoms with van der Waals surface area (Å²) in [6.07, 6.45) is 3.59. The summed E-state index contributed by atoms with van der Waals surface area (Å²) in [4.78, 5) is 28.8. The monoisotopic (exact) mass is 343 g/mol. The molecule has 0 bridgehead atoms. The number of ether oxygens (including phenoxy) is 1. The summed E-state index contributed by atoms with van der Waals surface area (Å²) in [5.41, 5.74) is 1.87. The quantitative estimate of drug-likeness (QED) is 0.847. The number of carbonyl (C=O) groups excluding carboxylic acids is 2. The van der Waals surface area contributed by atoms with Crippen LogP contribution in [0.25, 0.3) is 11.0 Å². The molecule has 134 valence electrons. The fraction of sp³-hybridized carbons (Fsp3) is 0.526. The van der Waals surface area contributed by atoms with Crippen molar-refractivity contribution in [2.24, 2.45) is 13.0 Å². The van der Waals surface area contributed by atoms with E-state index in [1.807, 2.05) is 42.8 Å². The number of para-hydroxylation sites is 2. The molecule has 3 rings (SSSR count). The van der Waals surface area contributed by atoms with Gasteiger partial charge < -0.3 is 14.6 Å². The number of nitrogens with one attached hydrogen (secondary N) is 1. The van der Waals surface area contributed by atoms with E-state index in [-0.39, 0.29) is 17.8 Å². The Balaban J connectivity index is 1.77. The fourth-order valence-electron chi connectivity index (χ4n) is 3.71. The van der Waals surface area contributed by atoms with Crippen molar-refractivity contribution in [3.8, 4) is 0 Å². The van der Waals surface area contributed by atoms with Crippen LogP contribution in [0.15, 0.2) is 24.3 Å². The highest BCUT2D eigenvalue weighted by Gasteiger charge is 2.34. The van der Waals surface area contributed by atoms with Crippen molar-refractivity contribution in [2.45, 2.75) is 51.7 Å². The number of fused-ring (bicyclic) bond motifs is 1. The Morgan fingerprint density at radius 3 is 2.60 bits per heavy atom. The van der Waals surface area contributed by atoms with Gasteiger partial charge in [0.1, 0.15) is 6.04 Å². The van der Waals surface area contributed by atoms with Gasteiger partial charge in [-0.05, 0) is 37.8 Å². The maximum atomic E-state index is 12.7. The normalized spacial score (nSPS) is 17.4. The zero-order chi connectivity index (χ0) is 18.0. The van der Waals surface area contributed by atoms with Gasteiger partial charge in [0, 0.05) is 14.0 Å². The highest BCUT2D eigenvalue weighted by Crippen LogP contribution is 2.29. The summed E-state index contributed by atoms with van der Waals surface area (Å²) in [5, 5.41) is 2.78. The summed E-state index contributed by atoms with van der Waals surface area (Å²) >= 11 is 0. The molecule has 1 aromatic carbocycles. The minimum absolute atomic E-state index is 0.157. The minimum Gasteiger partial charge on any atom is -0.453 e. The Morgan fingerprint density at radius 1 is 1.28 bits per heavy atom. The van der Waals surface area contributed by atoms with Gasteiger partial charge >= 0.3 is 5.97 Å². The Bertz CT molecular complexity index is 777. The van der Waals surface area contributed by atoms with Crippen molar-refractivity contribution in [3.63, 3.8) is 0 Å². The molecule has 1 fully saturated rings. The molecule has 1 aromatic heterocycles. The lowest BCUT2D eigenvalue weighted by Crippen LogP contribution is -2.45. The van der Waals surface area contributed by atoms with E-state index in [1.165, 1.54) is 6.92 Å². The van der Waals surface area contributed by atoms with Gasteiger partial charge in [-0.1, -0.05) is 25.0 Å². The third kappa shape index (κ3) is 3.67. The summed E-state index contributed by atoms with van der Waals surface area (Å²) in [6.45, 7) is 3.25. The number of rotatable bonds is 5. The van der Waals surface area contributed by atoms with Crippen LogP contribution in [0.3, 0.4) is 0 Å². The first-order chi connectivity index (χ1) is 12.0. The van der Waals surface area contributed by atoms with Crippen LogP contribution in [0.1, 0.15) is 51.5 Å². The van der Waals surface area contributed by atoms with Gasteiger partial charge in [0.2, 0.25) is 5.91 Å². The molecule has 0 spiro atoms. The SMILES string of the molecule is CC(=O)N[C@H](C(=O)O[C@@H](C)c1nc2ccccc2n1C)C1CCCC1. The van der Waals surface area contributed by atoms with Crippen LogP contribution in [0.5, 0.6) is 0 Å². The molecule has 1 saturated carbocycles. The average Bonchev–Trinajstić information content (AvgIpc) is 3.21. The zero-order valence-electron chi connectivity index (χ0n) is 15.0. The third-order valence-corrected chi connectivity index (χ3v) is 4.96. The van der Waals surface area contributed by atoms with Crippen molar-refractivity contribution in [1.29, 1.82) is 0 Å². The first-order valence-corrected chi connectivity index (χ1v) is 8.86. The molecular formula is C19H25N3O3. The number of esters is 1. The van der Waals surface area contributed by atoms with E-state index in [0.717, 1.165) is 36.7 Å². The van der Waals surface area contributed by atoms with Gasteiger partial charge in [-0.25, -0.2) is 9.78 Å². The molecule has 1 amide bonds. The topological polar surface area (TPSA) is 73.2 Å². The number of nitrogens with zero attached hydrogens (tertiary/aromatic N) is 2. The molecule has 1 heterocycles. The van der Waals surface area contributed by atoms with Crippen LogP contribution in [-0.4, -0.2) is 27.5 Å². The highest BCUT2D eigenvalue weighted by atomic mass is 16.5. The second-order valence-electron chi connectivity index (χ2n) is 6.82. The van der Waals surface area contributed by atoms with Crippen molar-refractivity contribution in [1.82, 2.24) is 14.9 Å². The van der Waals surface area contributed by atoms with Crippen LogP contribution in [0.2, 0.25) is 0 Å². The summed E-state index contributed by atoms with van der Waals surface area (Å²) in [5.74, 6) is 0.275. The molecule has 6 heteroatoms. The Morgan fingerprint density at radius 2 is 1.96 bits per heavy atom. The molecule has 2 aromatic rings. The molecule has 0 saturated heterocycles. The largest absolute Gasteiger partial charge is 0.453 e. The van der Waals surface area contributed by atoms with E-state index in [2.05, 4.69) is 10.3 Å². The maximum absolute atomic E-state index is 12.7. The van der Waals surface area contributed by atoms with E-state index in [0.29, 0.717) is 5.82 Å². The number of hydrogen-bond donors (Lipinski definition) is 1. The molecule has 1 N–H and O–H groups in total. The molecular weight excluding hydrogens is 318 g/mol. The predicted octanol–water partition coefficient (Wildman–Crippen LogP) is 2.87. The Hall–Kier alpha value is -2.37. The predicted molar refractivity (Wildman–Crippen MR) is 94.8 cm³/mol. The Labute approximate surface area is 147 Å². The van der Waals surface area contributed by atoms with Crippen molar-refractivity contribution < 1.29 is 14.3 Å². The van der Waals surface area contributed by atoms with Crippen molar-refractivity contribution in [3.05, 3.63) is 30.1 Å². The van der Waals surface area contributed by atoms with Crippen LogP contribution in [0, 0.1) is 5.92 Å². The zero-order valence-corrected chi connectivity index (χ0v) is 15.0. The average molecular weight is 343 g/mol. The van der Waals surface area contributed by atoms with Gasteiger partial charge in [0.05, 0.1) is 11.0 Å². The van der Waals surface area contributed by atoms with Crippen LogP contribution >= 0.6 is 0 Å². The molecule has 1 aliphatic rings. The summed E-state index contributed by atoms with van der Waals surface area (Å²) < 4.78 is 7.63. The van der Waals surface area contributed by atoms with E-state index >= 15 is 0 Å². The molecule has 0 radical (unpaired) electrons. The minimum atomic E-state index is -0.572. The maximum Gasteiger partial charge on any atom is 0.329 e. The van der Waals surface area contributed by atoms with E-state index in [1.54, 1.807) is 0 Å². The first-order valence-electron chi connectivity index (χ1n) is 8.86. The van der Waals surface area contributed by atoms with Gasteiger partial charge in [-0.15, -0.1) is 0 Å². The fourth-order valence-corrected chi connectivity index (χ4v) is 3.71. The lowest BCUT2D eigenvalue weighted by Gasteiger charge is -2.24. The van der Waals surface area contributed by atoms with Crippen LogP contribution < -0.4 is 5.32 Å². The molecule has 6 nitrogen and oxygen atoms in total.